The first kappa shape index (κ1) is 18.8. The number of hydrogen-bond donors (Lipinski definition) is 2. The highest BCUT2D eigenvalue weighted by molar-refractivity contribution is 7.99. The fourth-order valence-corrected chi connectivity index (χ4v) is 2.76. The zero-order valence-electron chi connectivity index (χ0n) is 13.7. The van der Waals surface area contributed by atoms with Gasteiger partial charge in [0.1, 0.15) is 18.2 Å². The summed E-state index contributed by atoms with van der Waals surface area (Å²) in [7, 11) is 0. The normalized spacial score (nSPS) is 14.2. The van der Waals surface area contributed by atoms with Crippen LogP contribution >= 0.6 is 11.8 Å². The maximum atomic E-state index is 13.5. The minimum Gasteiger partial charge on any atom is -0.414 e. The van der Waals surface area contributed by atoms with Gasteiger partial charge in [-0.1, -0.05) is 11.8 Å². The average Bonchev–Trinajstić information content (AvgIpc) is 3.06. The summed E-state index contributed by atoms with van der Waals surface area (Å²) in [6.07, 6.45) is 0.179. The maximum absolute atomic E-state index is 13.5. The number of nitrogens with zero attached hydrogens (tertiary/aromatic N) is 3. The zero-order chi connectivity index (χ0) is 19.4. The summed E-state index contributed by atoms with van der Waals surface area (Å²) in [5.74, 6) is -2.40. The number of rotatable bonds is 6. The van der Waals surface area contributed by atoms with Crippen LogP contribution in [0.3, 0.4) is 0 Å². The number of imide groups is 1. The molecule has 2 aromatic rings. The van der Waals surface area contributed by atoms with Crippen LogP contribution in [0.4, 0.5) is 19.3 Å². The molecule has 3 rings (SSSR count). The lowest BCUT2D eigenvalue weighted by Crippen LogP contribution is -2.48. The van der Waals surface area contributed by atoms with Crippen LogP contribution in [0.25, 0.3) is 0 Å². The van der Waals surface area contributed by atoms with Gasteiger partial charge in [-0.15, -0.1) is 10.2 Å². The van der Waals surface area contributed by atoms with Crippen molar-refractivity contribution in [2.24, 2.45) is 0 Å². The Kier molecular flexibility index (Phi) is 5.64. The Morgan fingerprint density at radius 3 is 2.93 bits per heavy atom. The molecular formula is C15H13F2N5O4S. The van der Waals surface area contributed by atoms with E-state index in [-0.39, 0.29) is 48.0 Å². The van der Waals surface area contributed by atoms with E-state index in [1.807, 2.05) is 0 Å². The van der Waals surface area contributed by atoms with Crippen LogP contribution in [0.15, 0.2) is 27.8 Å². The van der Waals surface area contributed by atoms with E-state index in [1.165, 1.54) is 4.90 Å². The fourth-order valence-electron chi connectivity index (χ4n) is 2.18. The maximum Gasteiger partial charge on any atom is 0.324 e. The highest BCUT2D eigenvalue weighted by Gasteiger charge is 2.24. The first-order valence-corrected chi connectivity index (χ1v) is 8.68. The van der Waals surface area contributed by atoms with Crippen LogP contribution in [0.2, 0.25) is 0 Å². The van der Waals surface area contributed by atoms with Crippen molar-refractivity contribution in [3.63, 3.8) is 0 Å². The van der Waals surface area contributed by atoms with Crippen molar-refractivity contribution < 1.29 is 27.6 Å². The van der Waals surface area contributed by atoms with Gasteiger partial charge in [-0.05, 0) is 12.1 Å². The predicted octanol–water partition coefficient (Wildman–Crippen LogP) is 1.52. The second-order valence-corrected chi connectivity index (χ2v) is 6.37. The molecule has 0 aliphatic carbocycles. The van der Waals surface area contributed by atoms with Gasteiger partial charge in [0.05, 0.1) is 11.4 Å². The number of hydrogen-bond acceptors (Lipinski definition) is 7. The fraction of sp³-hybridized carbons (Fsp3) is 0.267. The van der Waals surface area contributed by atoms with Crippen LogP contribution in [0, 0.1) is 11.6 Å². The molecule has 0 saturated carbocycles. The van der Waals surface area contributed by atoms with Crippen molar-refractivity contribution in [1.82, 2.24) is 20.4 Å². The molecule has 0 unspecified atom stereocenters. The molecular weight excluding hydrogens is 384 g/mol. The third-order valence-electron chi connectivity index (χ3n) is 3.45. The molecule has 9 nitrogen and oxygen atoms in total. The molecule has 1 aromatic heterocycles. The van der Waals surface area contributed by atoms with Crippen molar-refractivity contribution in [2.75, 3.05) is 17.6 Å². The second kappa shape index (κ2) is 8.12. The van der Waals surface area contributed by atoms with Gasteiger partial charge in [0.25, 0.3) is 5.22 Å². The molecule has 1 aliphatic rings. The van der Waals surface area contributed by atoms with Gasteiger partial charge in [-0.2, -0.15) is 0 Å². The Morgan fingerprint density at radius 2 is 2.15 bits per heavy atom. The minimum absolute atomic E-state index is 0.0212. The van der Waals surface area contributed by atoms with E-state index in [9.17, 15) is 23.2 Å². The monoisotopic (exact) mass is 397 g/mol. The smallest absolute Gasteiger partial charge is 0.324 e. The van der Waals surface area contributed by atoms with Gasteiger partial charge in [-0.3, -0.25) is 14.9 Å². The van der Waals surface area contributed by atoms with Crippen LogP contribution in [0.1, 0.15) is 12.3 Å². The van der Waals surface area contributed by atoms with Gasteiger partial charge < -0.3 is 14.6 Å². The van der Waals surface area contributed by atoms with E-state index >= 15 is 0 Å². The summed E-state index contributed by atoms with van der Waals surface area (Å²) in [6, 6.07) is 2.18. The standard InChI is InChI=1S/C15H13F2N5O4S/c16-8-1-2-9(17)10(5-8)18-12(24)7-27-15-21-20-13(26-15)6-22-4-3-11(23)19-14(22)25/h1-2,5H,3-4,6-7H2,(H,18,24)(H,19,23,25). The Labute approximate surface area is 155 Å². The number of amides is 4. The first-order chi connectivity index (χ1) is 12.9. The quantitative estimate of drug-likeness (QED) is 0.710. The number of benzene rings is 1. The van der Waals surface area contributed by atoms with Crippen molar-refractivity contribution in [1.29, 1.82) is 0 Å². The van der Waals surface area contributed by atoms with Gasteiger partial charge in [0.2, 0.25) is 17.7 Å². The lowest BCUT2D eigenvalue weighted by atomic mass is 10.3. The largest absolute Gasteiger partial charge is 0.414 e. The molecule has 27 heavy (non-hydrogen) atoms. The van der Waals surface area contributed by atoms with Crippen molar-refractivity contribution in [3.8, 4) is 0 Å². The number of carbonyl (C=O) groups is 3. The number of anilines is 1. The summed E-state index contributed by atoms with van der Waals surface area (Å²) < 4.78 is 31.9. The number of nitrogens with one attached hydrogen (secondary N) is 2. The highest BCUT2D eigenvalue weighted by Crippen LogP contribution is 2.19. The second-order valence-electron chi connectivity index (χ2n) is 5.45. The molecule has 1 fully saturated rings. The molecule has 0 bridgehead atoms. The molecule has 0 spiro atoms. The SMILES string of the molecule is O=C1CCN(Cc2nnc(SCC(=O)Nc3cc(F)ccc3F)o2)C(=O)N1. The molecule has 1 saturated heterocycles. The average molecular weight is 397 g/mol. The highest BCUT2D eigenvalue weighted by atomic mass is 32.2. The first-order valence-electron chi connectivity index (χ1n) is 7.69. The van der Waals surface area contributed by atoms with Crippen molar-refractivity contribution in [2.45, 2.75) is 18.2 Å². The number of urea groups is 1. The van der Waals surface area contributed by atoms with Gasteiger partial charge >= 0.3 is 6.03 Å². The summed E-state index contributed by atoms with van der Waals surface area (Å²) in [5.41, 5.74) is -0.266. The topological polar surface area (TPSA) is 117 Å². The summed E-state index contributed by atoms with van der Waals surface area (Å²) in [5, 5.41) is 12.0. The van der Waals surface area contributed by atoms with Crippen molar-refractivity contribution >= 4 is 35.3 Å². The van der Waals surface area contributed by atoms with Gasteiger partial charge in [0.15, 0.2) is 0 Å². The number of halogens is 2. The van der Waals surface area contributed by atoms with Crippen molar-refractivity contribution in [3.05, 3.63) is 35.7 Å². The Morgan fingerprint density at radius 1 is 1.33 bits per heavy atom. The van der Waals surface area contributed by atoms with Crippen LogP contribution in [-0.2, 0) is 16.1 Å². The number of thioether (sulfide) groups is 1. The van der Waals surface area contributed by atoms with E-state index in [4.69, 9.17) is 4.42 Å². The van der Waals surface area contributed by atoms with Crippen LogP contribution in [-0.4, -0.2) is 45.2 Å². The summed E-state index contributed by atoms with van der Waals surface area (Å²) >= 11 is 0.900. The summed E-state index contributed by atoms with van der Waals surface area (Å²) in [6.45, 7) is 0.254. The van der Waals surface area contributed by atoms with Gasteiger partial charge in [0, 0.05) is 19.0 Å². The predicted molar refractivity (Wildman–Crippen MR) is 88.6 cm³/mol. The van der Waals surface area contributed by atoms with Crippen LogP contribution in [0.5, 0.6) is 0 Å². The molecule has 0 atom stereocenters. The molecule has 1 aromatic carbocycles. The minimum atomic E-state index is -0.756. The Bertz CT molecular complexity index is 891. The molecule has 12 heteroatoms. The van der Waals surface area contributed by atoms with E-state index in [1.54, 1.807) is 0 Å². The summed E-state index contributed by atoms with van der Waals surface area (Å²) in [4.78, 5) is 35.9. The molecule has 2 N–H and O–H groups in total. The third-order valence-corrected chi connectivity index (χ3v) is 4.26. The van der Waals surface area contributed by atoms with Crippen LogP contribution < -0.4 is 10.6 Å². The molecule has 1 aliphatic heterocycles. The molecule has 4 amide bonds. The van der Waals surface area contributed by atoms with E-state index in [2.05, 4.69) is 20.8 Å². The van der Waals surface area contributed by atoms with E-state index < -0.39 is 23.6 Å². The molecule has 0 radical (unpaired) electrons. The Hall–Kier alpha value is -3.02. The Balaban J connectivity index is 1.50. The lowest BCUT2D eigenvalue weighted by molar-refractivity contribution is -0.121. The van der Waals surface area contributed by atoms with Gasteiger partial charge in [-0.25, -0.2) is 13.6 Å². The number of carbonyl (C=O) groups excluding carboxylic acids is 3. The van der Waals surface area contributed by atoms with E-state index in [0.29, 0.717) is 0 Å². The third kappa shape index (κ3) is 5.00. The zero-order valence-corrected chi connectivity index (χ0v) is 14.5. The number of aromatic nitrogens is 2. The lowest BCUT2D eigenvalue weighted by Gasteiger charge is -2.24. The molecule has 142 valence electrons. The van der Waals surface area contributed by atoms with E-state index in [0.717, 1.165) is 30.0 Å². The molecule has 2 heterocycles.